The van der Waals surface area contributed by atoms with Crippen LogP contribution in [0.4, 0.5) is 5.69 Å². The lowest BCUT2D eigenvalue weighted by Gasteiger charge is -2.25. The fraction of sp³-hybridized carbons (Fsp3) is 0.364. The summed E-state index contributed by atoms with van der Waals surface area (Å²) >= 11 is 0. The first kappa shape index (κ1) is 9.21. The van der Waals surface area contributed by atoms with E-state index in [1.165, 1.54) is 5.69 Å². The largest absolute Gasteiger partial charge is 0.367 e. The van der Waals surface area contributed by atoms with Crippen LogP contribution in [0.3, 0.4) is 0 Å². The molecule has 1 aromatic heterocycles. The van der Waals surface area contributed by atoms with Crippen LogP contribution >= 0.6 is 0 Å². The van der Waals surface area contributed by atoms with Crippen LogP contribution in [0.25, 0.3) is 0 Å². The molecule has 2 rings (SSSR count). The van der Waals surface area contributed by atoms with Gasteiger partial charge in [0.25, 0.3) is 0 Å². The number of pyridine rings is 1. The molecule has 0 aliphatic carbocycles. The summed E-state index contributed by atoms with van der Waals surface area (Å²) in [4.78, 5) is 6.52. The van der Waals surface area contributed by atoms with E-state index in [0.717, 1.165) is 25.2 Å². The predicted octanol–water partition coefficient (Wildman–Crippen LogP) is 1.31. The van der Waals surface area contributed by atoms with Gasteiger partial charge in [0, 0.05) is 31.5 Å². The molecular weight excluding hydrogens is 174 g/mol. The molecule has 0 saturated carbocycles. The van der Waals surface area contributed by atoms with Crippen molar-refractivity contribution >= 4 is 5.69 Å². The standard InChI is InChI=1S/C11H15N3/c12-9-10-8-11(4-5-13-10)14-6-2-1-3-7-14/h1-2,4-5,8H,3,6-7,9,12H2. The minimum Gasteiger partial charge on any atom is -0.367 e. The van der Waals surface area contributed by atoms with Crippen molar-refractivity contribution in [1.29, 1.82) is 0 Å². The van der Waals surface area contributed by atoms with Gasteiger partial charge in [0.15, 0.2) is 0 Å². The predicted molar refractivity (Wildman–Crippen MR) is 58.1 cm³/mol. The fourth-order valence-corrected chi connectivity index (χ4v) is 1.65. The minimum atomic E-state index is 0.511. The van der Waals surface area contributed by atoms with Gasteiger partial charge in [-0.1, -0.05) is 12.2 Å². The molecule has 74 valence electrons. The summed E-state index contributed by atoms with van der Waals surface area (Å²) in [5, 5.41) is 0. The highest BCUT2D eigenvalue weighted by molar-refractivity contribution is 5.47. The van der Waals surface area contributed by atoms with E-state index in [-0.39, 0.29) is 0 Å². The molecule has 3 heteroatoms. The maximum absolute atomic E-state index is 5.55. The number of nitrogens with two attached hydrogens (primary N) is 1. The first-order valence-electron chi connectivity index (χ1n) is 4.95. The quantitative estimate of drug-likeness (QED) is 0.713. The first-order valence-corrected chi connectivity index (χ1v) is 4.95. The Morgan fingerprint density at radius 2 is 2.36 bits per heavy atom. The van der Waals surface area contributed by atoms with Gasteiger partial charge in [-0.3, -0.25) is 4.98 Å². The highest BCUT2D eigenvalue weighted by atomic mass is 15.1. The third kappa shape index (κ3) is 1.93. The van der Waals surface area contributed by atoms with Crippen LogP contribution in [-0.2, 0) is 6.54 Å². The third-order valence-electron chi connectivity index (χ3n) is 2.43. The Balaban J connectivity index is 2.18. The smallest absolute Gasteiger partial charge is 0.0560 e. The van der Waals surface area contributed by atoms with E-state index in [1.807, 2.05) is 12.3 Å². The zero-order chi connectivity index (χ0) is 9.80. The molecule has 14 heavy (non-hydrogen) atoms. The second kappa shape index (κ2) is 4.24. The van der Waals surface area contributed by atoms with E-state index < -0.39 is 0 Å². The highest BCUT2D eigenvalue weighted by Gasteiger charge is 2.07. The second-order valence-electron chi connectivity index (χ2n) is 3.42. The van der Waals surface area contributed by atoms with Crippen molar-refractivity contribution in [2.75, 3.05) is 18.0 Å². The Bertz CT molecular complexity index is 333. The zero-order valence-electron chi connectivity index (χ0n) is 8.19. The lowest BCUT2D eigenvalue weighted by Crippen LogP contribution is -2.26. The van der Waals surface area contributed by atoms with Gasteiger partial charge in [-0.25, -0.2) is 0 Å². The highest BCUT2D eigenvalue weighted by Crippen LogP contribution is 2.16. The van der Waals surface area contributed by atoms with Crippen molar-refractivity contribution in [2.24, 2.45) is 5.73 Å². The number of anilines is 1. The fourth-order valence-electron chi connectivity index (χ4n) is 1.65. The Kier molecular flexibility index (Phi) is 2.79. The number of hydrogen-bond donors (Lipinski definition) is 1. The lowest BCUT2D eigenvalue weighted by atomic mass is 10.2. The van der Waals surface area contributed by atoms with Gasteiger partial charge in [0.05, 0.1) is 5.69 Å². The van der Waals surface area contributed by atoms with Crippen molar-refractivity contribution in [3.8, 4) is 0 Å². The van der Waals surface area contributed by atoms with Gasteiger partial charge in [-0.15, -0.1) is 0 Å². The molecule has 1 aromatic rings. The van der Waals surface area contributed by atoms with Crippen molar-refractivity contribution in [3.05, 3.63) is 36.2 Å². The average Bonchev–Trinajstić information content (AvgIpc) is 2.30. The first-order chi connectivity index (χ1) is 6.90. The number of hydrogen-bond acceptors (Lipinski definition) is 3. The van der Waals surface area contributed by atoms with Crippen LogP contribution < -0.4 is 10.6 Å². The van der Waals surface area contributed by atoms with Crippen molar-refractivity contribution < 1.29 is 0 Å². The van der Waals surface area contributed by atoms with E-state index in [4.69, 9.17) is 5.73 Å². The maximum Gasteiger partial charge on any atom is 0.0560 e. The van der Waals surface area contributed by atoms with Crippen molar-refractivity contribution in [2.45, 2.75) is 13.0 Å². The summed E-state index contributed by atoms with van der Waals surface area (Å²) in [7, 11) is 0. The molecule has 0 atom stereocenters. The van der Waals surface area contributed by atoms with Crippen LogP contribution in [0.1, 0.15) is 12.1 Å². The van der Waals surface area contributed by atoms with Crippen molar-refractivity contribution in [3.63, 3.8) is 0 Å². The molecule has 3 nitrogen and oxygen atoms in total. The zero-order valence-corrected chi connectivity index (χ0v) is 8.19. The normalized spacial score (nSPS) is 15.9. The molecule has 0 aromatic carbocycles. The average molecular weight is 189 g/mol. The molecule has 1 aliphatic rings. The molecule has 0 amide bonds. The van der Waals surface area contributed by atoms with Crippen LogP contribution in [0, 0.1) is 0 Å². The molecule has 0 unspecified atom stereocenters. The molecule has 0 fully saturated rings. The van der Waals surface area contributed by atoms with Gasteiger partial charge in [0.1, 0.15) is 0 Å². The van der Waals surface area contributed by atoms with Crippen LogP contribution in [0.15, 0.2) is 30.5 Å². The molecule has 0 spiro atoms. The van der Waals surface area contributed by atoms with E-state index in [0.29, 0.717) is 6.54 Å². The number of rotatable bonds is 2. The van der Waals surface area contributed by atoms with Crippen LogP contribution in [-0.4, -0.2) is 18.1 Å². The second-order valence-corrected chi connectivity index (χ2v) is 3.42. The monoisotopic (exact) mass is 189 g/mol. The lowest BCUT2D eigenvalue weighted by molar-refractivity contribution is 0.817. The van der Waals surface area contributed by atoms with E-state index in [9.17, 15) is 0 Å². The molecule has 1 aliphatic heterocycles. The minimum absolute atomic E-state index is 0.511. The molecule has 2 N–H and O–H groups in total. The van der Waals surface area contributed by atoms with E-state index in [1.54, 1.807) is 0 Å². The summed E-state index contributed by atoms with van der Waals surface area (Å²) in [6, 6.07) is 4.11. The van der Waals surface area contributed by atoms with Crippen LogP contribution in [0.2, 0.25) is 0 Å². The number of nitrogens with zero attached hydrogens (tertiary/aromatic N) is 2. The van der Waals surface area contributed by atoms with Gasteiger partial charge in [0.2, 0.25) is 0 Å². The molecular formula is C11H15N3. The van der Waals surface area contributed by atoms with E-state index >= 15 is 0 Å². The SMILES string of the molecule is NCc1cc(N2CC=CCC2)ccn1. The third-order valence-corrected chi connectivity index (χ3v) is 2.43. The molecule has 0 saturated heterocycles. The maximum atomic E-state index is 5.55. The summed E-state index contributed by atoms with van der Waals surface area (Å²) in [5.74, 6) is 0. The summed E-state index contributed by atoms with van der Waals surface area (Å²) in [5.41, 5.74) is 7.74. The van der Waals surface area contributed by atoms with Gasteiger partial charge in [-0.05, 0) is 18.6 Å². The topological polar surface area (TPSA) is 42.1 Å². The number of aromatic nitrogens is 1. The van der Waals surface area contributed by atoms with Crippen LogP contribution in [0.5, 0.6) is 0 Å². The Morgan fingerprint density at radius 1 is 1.43 bits per heavy atom. The van der Waals surface area contributed by atoms with E-state index in [2.05, 4.69) is 28.1 Å². The molecule has 0 bridgehead atoms. The van der Waals surface area contributed by atoms with Gasteiger partial charge < -0.3 is 10.6 Å². The Hall–Kier alpha value is -1.35. The Morgan fingerprint density at radius 3 is 3.07 bits per heavy atom. The molecule has 0 radical (unpaired) electrons. The molecule has 2 heterocycles. The van der Waals surface area contributed by atoms with Gasteiger partial charge >= 0.3 is 0 Å². The van der Waals surface area contributed by atoms with Crippen molar-refractivity contribution in [1.82, 2.24) is 4.98 Å². The summed E-state index contributed by atoms with van der Waals surface area (Å²) < 4.78 is 0. The van der Waals surface area contributed by atoms with Gasteiger partial charge in [-0.2, -0.15) is 0 Å². The Labute approximate surface area is 84.2 Å². The summed E-state index contributed by atoms with van der Waals surface area (Å²) in [6.45, 7) is 2.59. The summed E-state index contributed by atoms with van der Waals surface area (Å²) in [6.07, 6.45) is 7.38.